The summed E-state index contributed by atoms with van der Waals surface area (Å²) in [4.78, 5) is 18.6. The van der Waals surface area contributed by atoms with Crippen LogP contribution in [0.5, 0.6) is 5.75 Å². The van der Waals surface area contributed by atoms with Gasteiger partial charge in [0.25, 0.3) is 0 Å². The number of rotatable bonds is 3. The van der Waals surface area contributed by atoms with Crippen molar-refractivity contribution in [3.8, 4) is 11.4 Å². The van der Waals surface area contributed by atoms with Gasteiger partial charge in [-0.3, -0.25) is 4.57 Å². The van der Waals surface area contributed by atoms with Gasteiger partial charge in [0.1, 0.15) is 12.1 Å². The van der Waals surface area contributed by atoms with Crippen molar-refractivity contribution in [2.45, 2.75) is 0 Å². The van der Waals surface area contributed by atoms with E-state index in [-0.39, 0.29) is 5.75 Å². The lowest BCUT2D eigenvalue weighted by molar-refractivity contribution is 0.121. The zero-order chi connectivity index (χ0) is 18.9. The summed E-state index contributed by atoms with van der Waals surface area (Å²) in [6.45, 7) is 5.67. The first-order valence-electron chi connectivity index (χ1n) is 9.50. The van der Waals surface area contributed by atoms with Gasteiger partial charge in [-0.25, -0.2) is 4.98 Å². The summed E-state index contributed by atoms with van der Waals surface area (Å²) >= 11 is 0. The van der Waals surface area contributed by atoms with Crippen molar-refractivity contribution in [2.75, 3.05) is 62.4 Å². The number of phenols is 1. The Hall–Kier alpha value is -2.91. The molecule has 0 amide bonds. The fourth-order valence-corrected chi connectivity index (χ4v) is 3.62. The number of anilines is 2. The fourth-order valence-electron chi connectivity index (χ4n) is 3.62. The van der Waals surface area contributed by atoms with E-state index in [1.807, 2.05) is 16.7 Å². The van der Waals surface area contributed by atoms with Crippen molar-refractivity contribution in [3.05, 3.63) is 30.6 Å². The summed E-state index contributed by atoms with van der Waals surface area (Å²) in [6.07, 6.45) is 1.70. The molecule has 0 aliphatic carbocycles. The van der Waals surface area contributed by atoms with Gasteiger partial charge in [0.2, 0.25) is 5.95 Å². The summed E-state index contributed by atoms with van der Waals surface area (Å²) in [5.41, 5.74) is 2.05. The van der Waals surface area contributed by atoms with Gasteiger partial charge in [-0.05, 0) is 12.1 Å². The SMILES string of the molecule is Oc1ccccc1-n1cnc2c(N3CCOCC3)nc(N3CCOCC3)nc21. The molecule has 0 atom stereocenters. The van der Waals surface area contributed by atoms with Crippen molar-refractivity contribution >= 4 is 22.9 Å². The Labute approximate surface area is 162 Å². The van der Waals surface area contributed by atoms with E-state index in [9.17, 15) is 5.11 Å². The molecule has 2 aliphatic heterocycles. The smallest absolute Gasteiger partial charge is 0.229 e. The van der Waals surface area contributed by atoms with Gasteiger partial charge in [-0.1, -0.05) is 12.1 Å². The molecule has 0 spiro atoms. The Kier molecular flexibility index (Phi) is 4.46. The van der Waals surface area contributed by atoms with E-state index >= 15 is 0 Å². The number of nitrogens with zero attached hydrogens (tertiary/aromatic N) is 6. The lowest BCUT2D eigenvalue weighted by Gasteiger charge is -2.30. The zero-order valence-electron chi connectivity index (χ0n) is 15.5. The van der Waals surface area contributed by atoms with E-state index in [4.69, 9.17) is 19.4 Å². The number of aromatic nitrogens is 4. The van der Waals surface area contributed by atoms with Gasteiger partial charge in [0.05, 0.1) is 32.1 Å². The van der Waals surface area contributed by atoms with Crippen molar-refractivity contribution < 1.29 is 14.6 Å². The van der Waals surface area contributed by atoms with Crippen LogP contribution in [-0.2, 0) is 9.47 Å². The molecule has 146 valence electrons. The van der Waals surface area contributed by atoms with Gasteiger partial charge in [-0.15, -0.1) is 0 Å². The van der Waals surface area contributed by atoms with Crippen LogP contribution in [0.1, 0.15) is 0 Å². The van der Waals surface area contributed by atoms with E-state index in [0.29, 0.717) is 43.7 Å². The lowest BCUT2D eigenvalue weighted by Crippen LogP contribution is -2.39. The zero-order valence-corrected chi connectivity index (χ0v) is 15.5. The molecule has 0 unspecified atom stereocenters. The first-order chi connectivity index (χ1) is 13.8. The van der Waals surface area contributed by atoms with Crippen LogP contribution in [0, 0.1) is 0 Å². The molecule has 2 aromatic heterocycles. The van der Waals surface area contributed by atoms with Crippen LogP contribution in [0.25, 0.3) is 16.9 Å². The third-order valence-electron chi connectivity index (χ3n) is 5.11. The number of para-hydroxylation sites is 2. The molecule has 0 saturated carbocycles. The average molecular weight is 382 g/mol. The van der Waals surface area contributed by atoms with E-state index < -0.39 is 0 Å². The average Bonchev–Trinajstić information content (AvgIpc) is 3.18. The van der Waals surface area contributed by atoms with Crippen molar-refractivity contribution in [2.24, 2.45) is 0 Å². The molecule has 9 heteroatoms. The van der Waals surface area contributed by atoms with Crippen LogP contribution in [0.2, 0.25) is 0 Å². The minimum Gasteiger partial charge on any atom is -0.506 e. The topological polar surface area (TPSA) is 88.8 Å². The second-order valence-electron chi connectivity index (χ2n) is 6.82. The third kappa shape index (κ3) is 3.02. The summed E-state index contributed by atoms with van der Waals surface area (Å²) in [5, 5.41) is 10.3. The number of hydrogen-bond acceptors (Lipinski definition) is 8. The van der Waals surface area contributed by atoms with Crippen LogP contribution < -0.4 is 9.80 Å². The van der Waals surface area contributed by atoms with Gasteiger partial charge in [0.15, 0.2) is 17.0 Å². The Bertz CT molecular complexity index is 979. The predicted molar refractivity (Wildman–Crippen MR) is 104 cm³/mol. The molecule has 2 saturated heterocycles. The number of fused-ring (bicyclic) bond motifs is 1. The standard InChI is InChI=1S/C19H22N6O3/c26-15-4-2-1-3-14(15)25-13-20-16-17(23-5-9-27-10-6-23)21-19(22-18(16)25)24-7-11-28-12-8-24/h1-4,13,26H,5-12H2. The second-order valence-corrected chi connectivity index (χ2v) is 6.82. The Morgan fingerprint density at radius 3 is 2.25 bits per heavy atom. The van der Waals surface area contributed by atoms with Gasteiger partial charge in [-0.2, -0.15) is 9.97 Å². The Morgan fingerprint density at radius 1 is 0.857 bits per heavy atom. The van der Waals surface area contributed by atoms with Gasteiger partial charge in [0, 0.05) is 26.2 Å². The van der Waals surface area contributed by atoms with Crippen molar-refractivity contribution in [3.63, 3.8) is 0 Å². The summed E-state index contributed by atoms with van der Waals surface area (Å²) in [6, 6.07) is 7.19. The highest BCUT2D eigenvalue weighted by molar-refractivity contribution is 5.86. The molecule has 1 aromatic carbocycles. The van der Waals surface area contributed by atoms with E-state index in [2.05, 4.69) is 14.8 Å². The third-order valence-corrected chi connectivity index (χ3v) is 5.11. The number of imidazole rings is 1. The molecule has 9 nitrogen and oxygen atoms in total. The maximum atomic E-state index is 10.3. The number of hydrogen-bond donors (Lipinski definition) is 1. The maximum Gasteiger partial charge on any atom is 0.229 e. The Balaban J connectivity index is 1.68. The predicted octanol–water partition coefficient (Wildman–Crippen LogP) is 1.19. The van der Waals surface area contributed by atoms with E-state index in [0.717, 1.165) is 37.5 Å². The molecule has 2 aliphatic rings. The van der Waals surface area contributed by atoms with Crippen molar-refractivity contribution in [1.29, 1.82) is 0 Å². The number of benzene rings is 1. The first kappa shape index (κ1) is 17.2. The molecule has 4 heterocycles. The number of aromatic hydroxyl groups is 1. The highest BCUT2D eigenvalue weighted by atomic mass is 16.5. The van der Waals surface area contributed by atoms with Crippen LogP contribution >= 0.6 is 0 Å². The quantitative estimate of drug-likeness (QED) is 0.723. The van der Waals surface area contributed by atoms with Crippen LogP contribution in [0.4, 0.5) is 11.8 Å². The number of phenolic OH excluding ortho intramolecular Hbond substituents is 1. The minimum absolute atomic E-state index is 0.182. The molecule has 1 N–H and O–H groups in total. The van der Waals surface area contributed by atoms with Gasteiger partial charge < -0.3 is 24.4 Å². The van der Waals surface area contributed by atoms with Crippen molar-refractivity contribution in [1.82, 2.24) is 19.5 Å². The molecule has 28 heavy (non-hydrogen) atoms. The fraction of sp³-hybridized carbons (Fsp3) is 0.421. The highest BCUT2D eigenvalue weighted by Gasteiger charge is 2.24. The summed E-state index contributed by atoms with van der Waals surface area (Å²) in [7, 11) is 0. The number of morpholine rings is 2. The first-order valence-corrected chi connectivity index (χ1v) is 9.50. The van der Waals surface area contributed by atoms with Crippen LogP contribution in [0.3, 0.4) is 0 Å². The number of ether oxygens (including phenoxy) is 2. The minimum atomic E-state index is 0.182. The van der Waals surface area contributed by atoms with Crippen LogP contribution in [-0.4, -0.2) is 77.2 Å². The molecular formula is C19H22N6O3. The maximum absolute atomic E-state index is 10.3. The lowest BCUT2D eigenvalue weighted by atomic mass is 10.3. The molecule has 3 aromatic rings. The van der Waals surface area contributed by atoms with E-state index in [1.165, 1.54) is 0 Å². The second kappa shape index (κ2) is 7.25. The highest BCUT2D eigenvalue weighted by Crippen LogP contribution is 2.30. The largest absolute Gasteiger partial charge is 0.506 e. The normalized spacial score (nSPS) is 18.0. The summed E-state index contributed by atoms with van der Waals surface area (Å²) in [5.74, 6) is 1.65. The van der Waals surface area contributed by atoms with Gasteiger partial charge >= 0.3 is 0 Å². The molecule has 0 bridgehead atoms. The Morgan fingerprint density at radius 2 is 1.54 bits per heavy atom. The summed E-state index contributed by atoms with van der Waals surface area (Å²) < 4.78 is 12.8. The monoisotopic (exact) mass is 382 g/mol. The molecule has 0 radical (unpaired) electrons. The van der Waals surface area contributed by atoms with E-state index in [1.54, 1.807) is 18.5 Å². The molecular weight excluding hydrogens is 360 g/mol. The molecule has 5 rings (SSSR count). The van der Waals surface area contributed by atoms with Crippen LogP contribution in [0.15, 0.2) is 30.6 Å². The molecule has 2 fully saturated rings.